The number of hydrogen-bond donors (Lipinski definition) is 1. The number of fused-ring (bicyclic) bond motifs is 1. The fourth-order valence-electron chi connectivity index (χ4n) is 2.91. The summed E-state index contributed by atoms with van der Waals surface area (Å²) >= 11 is 6.08. The molecule has 1 aliphatic rings. The molecule has 20 heavy (non-hydrogen) atoms. The van der Waals surface area contributed by atoms with Gasteiger partial charge in [0.15, 0.2) is 0 Å². The van der Waals surface area contributed by atoms with E-state index in [-0.39, 0.29) is 11.9 Å². The third-order valence-electron chi connectivity index (χ3n) is 4.01. The van der Waals surface area contributed by atoms with Crippen LogP contribution in [0.4, 0.5) is 4.39 Å². The Labute approximate surface area is 123 Å². The van der Waals surface area contributed by atoms with Crippen LogP contribution in [0.25, 0.3) is 0 Å². The third kappa shape index (κ3) is 2.60. The first kappa shape index (κ1) is 13.7. The largest absolute Gasteiger partial charge is 0.349 e. The summed E-state index contributed by atoms with van der Waals surface area (Å²) in [5, 5.41) is 0.471. The van der Waals surface area contributed by atoms with Crippen LogP contribution in [0.3, 0.4) is 0 Å². The van der Waals surface area contributed by atoms with Crippen LogP contribution < -0.4 is 5.73 Å². The van der Waals surface area contributed by atoms with Crippen molar-refractivity contribution < 1.29 is 4.39 Å². The molecule has 1 atom stereocenters. The van der Waals surface area contributed by atoms with Gasteiger partial charge in [0.25, 0.3) is 0 Å². The SMILES string of the molecule is NC1CCCCc2cn(Cc3c(F)cccc3Cl)cc21. The Morgan fingerprint density at radius 3 is 2.95 bits per heavy atom. The van der Waals surface area contributed by atoms with Crippen LogP contribution in [0.5, 0.6) is 0 Å². The van der Waals surface area contributed by atoms with Crippen molar-refractivity contribution in [1.82, 2.24) is 4.57 Å². The van der Waals surface area contributed by atoms with E-state index in [4.69, 9.17) is 17.3 Å². The summed E-state index contributed by atoms with van der Waals surface area (Å²) in [6.07, 6.45) is 8.57. The number of nitrogens with two attached hydrogens (primary N) is 1. The van der Waals surface area contributed by atoms with Crippen molar-refractivity contribution in [3.05, 3.63) is 58.1 Å². The molecular weight excluding hydrogens is 275 g/mol. The van der Waals surface area contributed by atoms with E-state index in [2.05, 4.69) is 6.20 Å². The number of halogens is 2. The van der Waals surface area contributed by atoms with Crippen LogP contribution in [0.1, 0.15) is 42.0 Å². The molecule has 2 N–H and O–H groups in total. The minimum Gasteiger partial charge on any atom is -0.349 e. The first-order valence-electron chi connectivity index (χ1n) is 7.02. The van der Waals surface area contributed by atoms with Crippen LogP contribution >= 0.6 is 11.6 Å². The highest BCUT2D eigenvalue weighted by molar-refractivity contribution is 6.31. The van der Waals surface area contributed by atoms with Crippen molar-refractivity contribution in [2.24, 2.45) is 5.73 Å². The molecule has 0 saturated carbocycles. The van der Waals surface area contributed by atoms with E-state index in [1.165, 1.54) is 30.0 Å². The smallest absolute Gasteiger partial charge is 0.129 e. The molecule has 0 saturated heterocycles. The topological polar surface area (TPSA) is 30.9 Å². The van der Waals surface area contributed by atoms with Crippen LogP contribution in [0.2, 0.25) is 5.02 Å². The van der Waals surface area contributed by atoms with Gasteiger partial charge in [0, 0.05) is 29.0 Å². The average Bonchev–Trinajstić information content (AvgIpc) is 2.74. The van der Waals surface area contributed by atoms with E-state index in [9.17, 15) is 4.39 Å². The number of aryl methyl sites for hydroxylation is 1. The Hall–Kier alpha value is -1.32. The van der Waals surface area contributed by atoms with Gasteiger partial charge in [-0.25, -0.2) is 4.39 Å². The molecule has 1 unspecified atom stereocenters. The summed E-state index contributed by atoms with van der Waals surface area (Å²) < 4.78 is 15.8. The fourth-order valence-corrected chi connectivity index (χ4v) is 3.13. The molecule has 1 aliphatic carbocycles. The summed E-state index contributed by atoms with van der Waals surface area (Å²) in [6.45, 7) is 0.450. The molecule has 4 heteroatoms. The summed E-state index contributed by atoms with van der Waals surface area (Å²) in [4.78, 5) is 0. The predicted molar refractivity (Wildman–Crippen MR) is 79.4 cm³/mol. The van der Waals surface area contributed by atoms with E-state index < -0.39 is 0 Å². The molecule has 1 aromatic carbocycles. The Balaban J connectivity index is 1.91. The van der Waals surface area contributed by atoms with Gasteiger partial charge in [-0.2, -0.15) is 0 Å². The normalized spacial score (nSPS) is 18.6. The first-order chi connectivity index (χ1) is 9.65. The third-order valence-corrected chi connectivity index (χ3v) is 4.36. The van der Waals surface area contributed by atoms with Gasteiger partial charge in [-0.15, -0.1) is 0 Å². The van der Waals surface area contributed by atoms with Crippen molar-refractivity contribution in [3.63, 3.8) is 0 Å². The highest BCUT2D eigenvalue weighted by Crippen LogP contribution is 2.29. The molecule has 106 valence electrons. The van der Waals surface area contributed by atoms with Gasteiger partial charge in [0.1, 0.15) is 5.82 Å². The zero-order valence-electron chi connectivity index (χ0n) is 11.3. The van der Waals surface area contributed by atoms with Crippen LogP contribution in [0, 0.1) is 5.82 Å². The van der Waals surface area contributed by atoms with Gasteiger partial charge >= 0.3 is 0 Å². The van der Waals surface area contributed by atoms with E-state index in [1.807, 2.05) is 10.8 Å². The number of nitrogens with zero attached hydrogens (tertiary/aromatic N) is 1. The lowest BCUT2D eigenvalue weighted by molar-refractivity contribution is 0.594. The van der Waals surface area contributed by atoms with Crippen molar-refractivity contribution in [2.45, 2.75) is 38.3 Å². The maximum absolute atomic E-state index is 13.8. The summed E-state index contributed by atoms with van der Waals surface area (Å²) in [5.74, 6) is -0.259. The van der Waals surface area contributed by atoms with Crippen molar-refractivity contribution in [2.75, 3.05) is 0 Å². The lowest BCUT2D eigenvalue weighted by Gasteiger charge is -2.09. The van der Waals surface area contributed by atoms with Gasteiger partial charge in [0.05, 0.1) is 6.54 Å². The lowest BCUT2D eigenvalue weighted by Crippen LogP contribution is -2.09. The van der Waals surface area contributed by atoms with Gasteiger partial charge in [-0.1, -0.05) is 24.1 Å². The maximum atomic E-state index is 13.8. The average molecular weight is 293 g/mol. The number of benzene rings is 1. The van der Waals surface area contributed by atoms with E-state index >= 15 is 0 Å². The molecule has 0 bridgehead atoms. The second kappa shape index (κ2) is 5.58. The second-order valence-corrected chi connectivity index (χ2v) is 5.87. The predicted octanol–water partition coefficient (Wildman–Crippen LogP) is 4.06. The van der Waals surface area contributed by atoms with Crippen molar-refractivity contribution in [1.29, 1.82) is 0 Å². The van der Waals surface area contributed by atoms with Gasteiger partial charge in [-0.3, -0.25) is 0 Å². The highest BCUT2D eigenvalue weighted by atomic mass is 35.5. The fraction of sp³-hybridized carbons (Fsp3) is 0.375. The lowest BCUT2D eigenvalue weighted by atomic mass is 10.1. The summed E-state index contributed by atoms with van der Waals surface area (Å²) in [7, 11) is 0. The second-order valence-electron chi connectivity index (χ2n) is 5.46. The highest BCUT2D eigenvalue weighted by Gasteiger charge is 2.18. The monoisotopic (exact) mass is 292 g/mol. The minimum absolute atomic E-state index is 0.102. The Morgan fingerprint density at radius 2 is 2.15 bits per heavy atom. The quantitative estimate of drug-likeness (QED) is 0.832. The summed E-state index contributed by atoms with van der Waals surface area (Å²) in [6, 6.07) is 4.90. The molecule has 2 aromatic rings. The Bertz CT molecular complexity index is 601. The first-order valence-corrected chi connectivity index (χ1v) is 7.40. The molecule has 1 heterocycles. The number of aromatic nitrogens is 1. The van der Waals surface area contributed by atoms with Crippen LogP contribution in [-0.2, 0) is 13.0 Å². The van der Waals surface area contributed by atoms with E-state index in [0.29, 0.717) is 17.1 Å². The number of hydrogen-bond acceptors (Lipinski definition) is 1. The zero-order valence-corrected chi connectivity index (χ0v) is 12.0. The molecule has 1 aromatic heterocycles. The molecule has 0 spiro atoms. The van der Waals surface area contributed by atoms with Gasteiger partial charge in [0.2, 0.25) is 0 Å². The van der Waals surface area contributed by atoms with E-state index in [0.717, 1.165) is 12.8 Å². The molecule has 0 amide bonds. The molecule has 0 aliphatic heterocycles. The van der Waals surface area contributed by atoms with Crippen LogP contribution in [-0.4, -0.2) is 4.57 Å². The van der Waals surface area contributed by atoms with E-state index in [1.54, 1.807) is 12.1 Å². The number of rotatable bonds is 2. The Morgan fingerprint density at radius 1 is 1.30 bits per heavy atom. The van der Waals surface area contributed by atoms with Crippen molar-refractivity contribution >= 4 is 11.6 Å². The zero-order chi connectivity index (χ0) is 14.1. The Kier molecular flexibility index (Phi) is 3.81. The molecule has 0 fully saturated rings. The van der Waals surface area contributed by atoms with Gasteiger partial charge in [-0.05, 0) is 42.5 Å². The maximum Gasteiger partial charge on any atom is 0.129 e. The molecule has 2 nitrogen and oxygen atoms in total. The molecule has 0 radical (unpaired) electrons. The standard InChI is InChI=1S/C16H18ClFN2/c17-14-5-3-6-15(18)13(14)10-20-8-11-4-1-2-7-16(19)12(11)9-20/h3,5-6,8-9,16H,1-2,4,7,10,19H2. The minimum atomic E-state index is -0.259. The van der Waals surface area contributed by atoms with Crippen molar-refractivity contribution in [3.8, 4) is 0 Å². The molecule has 3 rings (SSSR count). The van der Waals surface area contributed by atoms with Gasteiger partial charge < -0.3 is 10.3 Å². The van der Waals surface area contributed by atoms with Crippen LogP contribution in [0.15, 0.2) is 30.6 Å². The summed E-state index contributed by atoms with van der Waals surface area (Å²) in [5.41, 5.74) is 9.23. The molecular formula is C16H18ClFN2.